The van der Waals surface area contributed by atoms with Crippen molar-refractivity contribution in [2.24, 2.45) is 5.92 Å². The smallest absolute Gasteiger partial charge is 0.231 e. The van der Waals surface area contributed by atoms with Crippen molar-refractivity contribution >= 4 is 27.3 Å². The van der Waals surface area contributed by atoms with Crippen molar-refractivity contribution in [1.29, 1.82) is 0 Å². The number of nitrogens with zero attached hydrogens (tertiary/aromatic N) is 1. The van der Waals surface area contributed by atoms with E-state index in [4.69, 9.17) is 9.47 Å². The number of carbonyl (C=O) groups is 2. The fraction of sp³-hybridized carbons (Fsp3) is 0.333. The Labute approximate surface area is 173 Å². The van der Waals surface area contributed by atoms with Gasteiger partial charge in [0.1, 0.15) is 0 Å². The normalized spacial score (nSPS) is 23.9. The first-order valence-corrected chi connectivity index (χ1v) is 11.4. The highest BCUT2D eigenvalue weighted by Gasteiger charge is 2.38. The van der Waals surface area contributed by atoms with Crippen LogP contribution in [0.15, 0.2) is 47.4 Å². The third kappa shape index (κ3) is 3.19. The van der Waals surface area contributed by atoms with Crippen LogP contribution in [0.2, 0.25) is 0 Å². The van der Waals surface area contributed by atoms with E-state index >= 15 is 0 Å². The molecule has 2 unspecified atom stereocenters. The van der Waals surface area contributed by atoms with Crippen LogP contribution in [0.3, 0.4) is 0 Å². The van der Waals surface area contributed by atoms with Crippen LogP contribution < -0.4 is 19.7 Å². The zero-order valence-electron chi connectivity index (χ0n) is 16.0. The Morgan fingerprint density at radius 3 is 2.77 bits per heavy atom. The van der Waals surface area contributed by atoms with E-state index in [2.05, 4.69) is 5.32 Å². The SMILES string of the molecule is O=C(NC1CCS(=O)(=O)c2ccccc21)C1CC(=O)N(c2ccc3c(c2)OCO3)C1. The number of benzene rings is 2. The first-order valence-electron chi connectivity index (χ1n) is 9.74. The average Bonchev–Trinajstić information content (AvgIpc) is 3.36. The molecule has 1 N–H and O–H groups in total. The maximum absolute atomic E-state index is 12.9. The van der Waals surface area contributed by atoms with Crippen LogP contribution in [0.1, 0.15) is 24.4 Å². The summed E-state index contributed by atoms with van der Waals surface area (Å²) in [7, 11) is -3.32. The highest BCUT2D eigenvalue weighted by atomic mass is 32.2. The van der Waals surface area contributed by atoms with Crippen molar-refractivity contribution in [3.05, 3.63) is 48.0 Å². The van der Waals surface area contributed by atoms with Crippen LogP contribution in [0.25, 0.3) is 0 Å². The predicted octanol–water partition coefficient (Wildman–Crippen LogP) is 1.80. The third-order valence-electron chi connectivity index (χ3n) is 5.78. The molecule has 2 aromatic carbocycles. The second-order valence-electron chi connectivity index (χ2n) is 7.65. The third-order valence-corrected chi connectivity index (χ3v) is 7.60. The molecule has 2 amide bonds. The summed E-state index contributed by atoms with van der Waals surface area (Å²) < 4.78 is 35.3. The van der Waals surface area contributed by atoms with Gasteiger partial charge in [0, 0.05) is 24.7 Å². The van der Waals surface area contributed by atoms with E-state index < -0.39 is 15.8 Å². The van der Waals surface area contributed by atoms with Crippen molar-refractivity contribution in [2.75, 3.05) is 24.0 Å². The zero-order chi connectivity index (χ0) is 20.9. The van der Waals surface area contributed by atoms with Crippen LogP contribution in [-0.2, 0) is 19.4 Å². The number of rotatable bonds is 3. The summed E-state index contributed by atoms with van der Waals surface area (Å²) in [4.78, 5) is 27.3. The molecule has 0 bridgehead atoms. The summed E-state index contributed by atoms with van der Waals surface area (Å²) >= 11 is 0. The topological polar surface area (TPSA) is 102 Å². The molecule has 3 aliphatic rings. The van der Waals surface area contributed by atoms with E-state index in [9.17, 15) is 18.0 Å². The lowest BCUT2D eigenvalue weighted by Gasteiger charge is -2.27. The number of amides is 2. The molecule has 8 nitrogen and oxygen atoms in total. The molecular formula is C21H20N2O6S. The maximum Gasteiger partial charge on any atom is 0.231 e. The van der Waals surface area contributed by atoms with Gasteiger partial charge in [0.15, 0.2) is 21.3 Å². The molecule has 156 valence electrons. The van der Waals surface area contributed by atoms with E-state index in [-0.39, 0.29) is 48.3 Å². The molecule has 9 heteroatoms. The van der Waals surface area contributed by atoms with Gasteiger partial charge in [-0.15, -0.1) is 0 Å². The molecule has 0 aromatic heterocycles. The van der Waals surface area contributed by atoms with Crippen molar-refractivity contribution in [3.8, 4) is 11.5 Å². The Balaban J connectivity index is 1.31. The second kappa shape index (κ2) is 7.02. The molecule has 3 aliphatic heterocycles. The summed E-state index contributed by atoms with van der Waals surface area (Å²) in [6, 6.07) is 11.6. The number of hydrogen-bond donors (Lipinski definition) is 1. The molecule has 2 atom stereocenters. The zero-order valence-corrected chi connectivity index (χ0v) is 16.9. The summed E-state index contributed by atoms with van der Waals surface area (Å²) in [5.74, 6) is 0.306. The average molecular weight is 428 g/mol. The minimum absolute atomic E-state index is 0.0120. The molecule has 1 saturated heterocycles. The Hall–Kier alpha value is -3.07. The number of carbonyl (C=O) groups excluding carboxylic acids is 2. The molecule has 2 aromatic rings. The van der Waals surface area contributed by atoms with E-state index in [1.165, 1.54) is 0 Å². The van der Waals surface area contributed by atoms with Crippen LogP contribution in [-0.4, -0.2) is 39.3 Å². The number of nitrogens with one attached hydrogen (secondary N) is 1. The van der Waals surface area contributed by atoms with Crippen molar-refractivity contribution < 1.29 is 27.5 Å². The number of anilines is 1. The van der Waals surface area contributed by atoms with Crippen LogP contribution in [0.5, 0.6) is 11.5 Å². The van der Waals surface area contributed by atoms with Crippen LogP contribution in [0.4, 0.5) is 5.69 Å². The lowest BCUT2D eigenvalue weighted by molar-refractivity contribution is -0.127. The molecule has 3 heterocycles. The maximum atomic E-state index is 12.9. The largest absolute Gasteiger partial charge is 0.454 e. The highest BCUT2D eigenvalue weighted by molar-refractivity contribution is 7.91. The lowest BCUT2D eigenvalue weighted by Crippen LogP contribution is -2.38. The lowest BCUT2D eigenvalue weighted by atomic mass is 10.0. The summed E-state index contributed by atoms with van der Waals surface area (Å²) in [6.45, 7) is 0.410. The summed E-state index contributed by atoms with van der Waals surface area (Å²) in [5, 5.41) is 2.96. The fourth-order valence-corrected chi connectivity index (χ4v) is 5.84. The Kier molecular flexibility index (Phi) is 4.43. The molecule has 0 radical (unpaired) electrons. The highest BCUT2D eigenvalue weighted by Crippen LogP contribution is 2.37. The number of ether oxygens (including phenoxy) is 2. The van der Waals surface area contributed by atoms with Gasteiger partial charge in [-0.2, -0.15) is 0 Å². The van der Waals surface area contributed by atoms with Gasteiger partial charge < -0.3 is 19.7 Å². The molecule has 30 heavy (non-hydrogen) atoms. The number of fused-ring (bicyclic) bond motifs is 2. The fourth-order valence-electron chi connectivity index (χ4n) is 4.22. The van der Waals surface area contributed by atoms with E-state index in [1.54, 1.807) is 47.4 Å². The van der Waals surface area contributed by atoms with Gasteiger partial charge >= 0.3 is 0 Å². The Bertz CT molecular complexity index is 1150. The van der Waals surface area contributed by atoms with Gasteiger partial charge in [0.05, 0.1) is 22.6 Å². The van der Waals surface area contributed by atoms with E-state index in [1.807, 2.05) is 0 Å². The Morgan fingerprint density at radius 1 is 1.10 bits per heavy atom. The molecule has 0 saturated carbocycles. The van der Waals surface area contributed by atoms with Crippen molar-refractivity contribution in [3.63, 3.8) is 0 Å². The first kappa shape index (κ1) is 18.9. The Morgan fingerprint density at radius 2 is 1.90 bits per heavy atom. The molecular weight excluding hydrogens is 408 g/mol. The van der Waals surface area contributed by atoms with Gasteiger partial charge in [-0.1, -0.05) is 18.2 Å². The van der Waals surface area contributed by atoms with Crippen LogP contribution in [0, 0.1) is 5.92 Å². The molecule has 0 spiro atoms. The van der Waals surface area contributed by atoms with Crippen LogP contribution >= 0.6 is 0 Å². The van der Waals surface area contributed by atoms with Gasteiger partial charge in [0.25, 0.3) is 0 Å². The van der Waals surface area contributed by atoms with Gasteiger partial charge in [-0.05, 0) is 30.2 Å². The van der Waals surface area contributed by atoms with Gasteiger partial charge in [0.2, 0.25) is 18.6 Å². The minimum atomic E-state index is -3.32. The summed E-state index contributed by atoms with van der Waals surface area (Å²) in [5.41, 5.74) is 1.27. The number of hydrogen-bond acceptors (Lipinski definition) is 6. The predicted molar refractivity (Wildman–Crippen MR) is 107 cm³/mol. The molecule has 1 fully saturated rings. The quantitative estimate of drug-likeness (QED) is 0.800. The first-order chi connectivity index (χ1) is 14.4. The monoisotopic (exact) mass is 428 g/mol. The van der Waals surface area contributed by atoms with Crippen molar-refractivity contribution in [2.45, 2.75) is 23.8 Å². The molecule has 5 rings (SSSR count). The van der Waals surface area contributed by atoms with E-state index in [0.717, 1.165) is 0 Å². The summed E-state index contributed by atoms with van der Waals surface area (Å²) in [6.07, 6.45) is 0.421. The van der Waals surface area contributed by atoms with Gasteiger partial charge in [-0.25, -0.2) is 8.42 Å². The number of sulfone groups is 1. The second-order valence-corrected chi connectivity index (χ2v) is 9.73. The standard InChI is InChI=1S/C21H20N2O6S/c24-20-9-13(11-23(20)14-5-6-17-18(10-14)29-12-28-17)21(25)22-16-7-8-30(26,27)19-4-2-1-3-15(16)19/h1-6,10,13,16H,7-9,11-12H2,(H,22,25). The van der Waals surface area contributed by atoms with Gasteiger partial charge in [-0.3, -0.25) is 9.59 Å². The molecule has 0 aliphatic carbocycles. The van der Waals surface area contributed by atoms with E-state index in [0.29, 0.717) is 29.2 Å². The minimum Gasteiger partial charge on any atom is -0.454 e. The van der Waals surface area contributed by atoms with Crippen molar-refractivity contribution in [1.82, 2.24) is 5.32 Å².